The van der Waals surface area contributed by atoms with E-state index in [-0.39, 0.29) is 24.6 Å². The number of nitro benzene ring substituents is 1. The second kappa shape index (κ2) is 8.75. The molecule has 0 unspecified atom stereocenters. The number of ether oxygens (including phenoxy) is 1. The minimum absolute atomic E-state index is 0.110. The number of rotatable bonds is 7. The van der Waals surface area contributed by atoms with E-state index in [1.807, 2.05) is 13.0 Å². The summed E-state index contributed by atoms with van der Waals surface area (Å²) in [5, 5.41) is 13.8. The molecule has 0 bridgehead atoms. The van der Waals surface area contributed by atoms with Gasteiger partial charge in [-0.25, -0.2) is 0 Å². The lowest BCUT2D eigenvalue weighted by Gasteiger charge is -2.18. The van der Waals surface area contributed by atoms with Gasteiger partial charge in [0, 0.05) is 17.7 Å². The van der Waals surface area contributed by atoms with Crippen LogP contribution in [-0.2, 0) is 9.53 Å². The van der Waals surface area contributed by atoms with Crippen LogP contribution in [0.3, 0.4) is 0 Å². The fraction of sp³-hybridized carbons (Fsp3) is 0.263. The predicted octanol–water partition coefficient (Wildman–Crippen LogP) is 3.33. The molecule has 26 heavy (non-hydrogen) atoms. The predicted molar refractivity (Wildman–Crippen MR) is 95.7 cm³/mol. The third kappa shape index (κ3) is 5.14. The minimum Gasteiger partial charge on any atom is -0.466 e. The normalized spacial score (nSPS) is 11.5. The highest BCUT2D eigenvalue weighted by atomic mass is 16.6. The molecule has 1 atom stereocenters. The summed E-state index contributed by atoms with van der Waals surface area (Å²) in [4.78, 5) is 34.9. The quantitative estimate of drug-likeness (QED) is 0.466. The number of nitrogens with zero attached hydrogens (tertiary/aromatic N) is 1. The molecule has 1 amide bonds. The van der Waals surface area contributed by atoms with Gasteiger partial charge in [0.25, 0.3) is 11.6 Å². The summed E-state index contributed by atoms with van der Waals surface area (Å²) in [7, 11) is 0. The van der Waals surface area contributed by atoms with Gasteiger partial charge in [-0.05, 0) is 31.5 Å². The van der Waals surface area contributed by atoms with E-state index in [4.69, 9.17) is 4.74 Å². The summed E-state index contributed by atoms with van der Waals surface area (Å²) >= 11 is 0. The molecule has 0 fully saturated rings. The van der Waals surface area contributed by atoms with E-state index >= 15 is 0 Å². The number of carbonyl (C=O) groups excluding carboxylic acids is 2. The Balaban J connectivity index is 2.28. The first-order valence-corrected chi connectivity index (χ1v) is 8.18. The fourth-order valence-corrected chi connectivity index (χ4v) is 2.52. The zero-order valence-electron chi connectivity index (χ0n) is 14.6. The van der Waals surface area contributed by atoms with Gasteiger partial charge in [-0.1, -0.05) is 29.8 Å². The first-order chi connectivity index (χ1) is 12.4. The highest BCUT2D eigenvalue weighted by Crippen LogP contribution is 2.23. The topological polar surface area (TPSA) is 98.5 Å². The minimum atomic E-state index is -0.734. The van der Waals surface area contributed by atoms with E-state index in [9.17, 15) is 19.7 Å². The number of benzene rings is 2. The maximum atomic E-state index is 12.5. The van der Waals surface area contributed by atoms with Crippen LogP contribution >= 0.6 is 0 Å². The average molecular weight is 356 g/mol. The first-order valence-electron chi connectivity index (χ1n) is 8.18. The number of hydrogen-bond acceptors (Lipinski definition) is 5. The molecular formula is C19H20N2O5. The van der Waals surface area contributed by atoms with Crippen LogP contribution in [0.4, 0.5) is 5.69 Å². The van der Waals surface area contributed by atoms with E-state index < -0.39 is 16.9 Å². The zero-order valence-corrected chi connectivity index (χ0v) is 14.6. The monoisotopic (exact) mass is 356 g/mol. The molecule has 0 aliphatic carbocycles. The molecule has 7 nitrogen and oxygen atoms in total. The van der Waals surface area contributed by atoms with Crippen molar-refractivity contribution in [2.24, 2.45) is 0 Å². The lowest BCUT2D eigenvalue weighted by Crippen LogP contribution is -2.30. The van der Waals surface area contributed by atoms with Gasteiger partial charge in [0.15, 0.2) is 0 Å². The molecule has 2 rings (SSSR count). The van der Waals surface area contributed by atoms with Crippen LogP contribution in [0.25, 0.3) is 0 Å². The molecule has 0 radical (unpaired) electrons. The number of amides is 1. The second-order valence-electron chi connectivity index (χ2n) is 5.76. The summed E-state index contributed by atoms with van der Waals surface area (Å²) in [6.07, 6.45) is -0.118. The smallest absolute Gasteiger partial charge is 0.308 e. The molecule has 7 heteroatoms. The summed E-state index contributed by atoms with van der Waals surface area (Å²) in [5.41, 5.74) is 1.73. The van der Waals surface area contributed by atoms with E-state index in [2.05, 4.69) is 5.32 Å². The lowest BCUT2D eigenvalue weighted by atomic mass is 10.0. The third-order valence-corrected chi connectivity index (χ3v) is 3.75. The van der Waals surface area contributed by atoms with Gasteiger partial charge in [0.1, 0.15) is 0 Å². The molecule has 0 spiro atoms. The van der Waals surface area contributed by atoms with Gasteiger partial charge >= 0.3 is 5.97 Å². The maximum absolute atomic E-state index is 12.5. The van der Waals surface area contributed by atoms with Crippen LogP contribution in [0.15, 0.2) is 48.5 Å². The summed E-state index contributed by atoms with van der Waals surface area (Å²) < 4.78 is 4.95. The highest BCUT2D eigenvalue weighted by Gasteiger charge is 2.22. The van der Waals surface area contributed by atoms with Crippen LogP contribution in [-0.4, -0.2) is 23.4 Å². The molecule has 136 valence electrons. The van der Waals surface area contributed by atoms with Crippen LogP contribution in [0.2, 0.25) is 0 Å². The van der Waals surface area contributed by atoms with Crippen LogP contribution in [0, 0.1) is 17.0 Å². The molecule has 0 aromatic heterocycles. The lowest BCUT2D eigenvalue weighted by molar-refractivity contribution is -0.384. The summed E-state index contributed by atoms with van der Waals surface area (Å²) in [6, 6.07) is 12.1. The van der Waals surface area contributed by atoms with E-state index in [1.54, 1.807) is 31.2 Å². The molecule has 0 aliphatic heterocycles. The van der Waals surface area contributed by atoms with Crippen molar-refractivity contribution in [3.05, 3.63) is 75.3 Å². The molecule has 1 N–H and O–H groups in total. The van der Waals surface area contributed by atoms with Crippen molar-refractivity contribution in [2.45, 2.75) is 26.3 Å². The fourth-order valence-electron chi connectivity index (χ4n) is 2.52. The van der Waals surface area contributed by atoms with Crippen molar-refractivity contribution in [3.63, 3.8) is 0 Å². The summed E-state index contributed by atoms with van der Waals surface area (Å²) in [5.74, 6) is -0.858. The Hall–Kier alpha value is -3.22. The Morgan fingerprint density at radius 2 is 1.92 bits per heavy atom. The number of esters is 1. The third-order valence-electron chi connectivity index (χ3n) is 3.75. The van der Waals surface area contributed by atoms with Crippen molar-refractivity contribution in [2.75, 3.05) is 6.61 Å². The molecular weight excluding hydrogens is 336 g/mol. The van der Waals surface area contributed by atoms with Gasteiger partial charge in [-0.3, -0.25) is 19.7 Å². The summed E-state index contributed by atoms with van der Waals surface area (Å²) in [6.45, 7) is 3.77. The van der Waals surface area contributed by atoms with Crippen molar-refractivity contribution in [3.8, 4) is 0 Å². The molecule has 2 aromatic carbocycles. The van der Waals surface area contributed by atoms with Crippen LogP contribution in [0.5, 0.6) is 0 Å². The number of hydrogen-bond donors (Lipinski definition) is 1. The standard InChI is InChI=1S/C19H20N2O5/c1-3-26-18(22)12-17(14-7-5-9-16(11-14)21(24)25)20-19(23)15-8-4-6-13(2)10-15/h4-11,17H,3,12H2,1-2H3,(H,20,23)/t17-/m1/s1. The largest absolute Gasteiger partial charge is 0.466 e. The average Bonchev–Trinajstić information content (AvgIpc) is 2.61. The van der Waals surface area contributed by atoms with Gasteiger partial charge in [0.2, 0.25) is 0 Å². The van der Waals surface area contributed by atoms with Gasteiger partial charge in [0.05, 0.1) is 24.0 Å². The number of nitro groups is 1. The Bertz CT molecular complexity index is 819. The van der Waals surface area contributed by atoms with E-state index in [0.717, 1.165) is 5.56 Å². The highest BCUT2D eigenvalue weighted by molar-refractivity contribution is 5.94. The van der Waals surface area contributed by atoms with Crippen LogP contribution < -0.4 is 5.32 Å². The second-order valence-corrected chi connectivity index (χ2v) is 5.76. The van der Waals surface area contributed by atoms with Crippen molar-refractivity contribution in [1.82, 2.24) is 5.32 Å². The van der Waals surface area contributed by atoms with E-state index in [0.29, 0.717) is 11.1 Å². The molecule has 0 saturated carbocycles. The number of non-ortho nitro benzene ring substituents is 1. The van der Waals surface area contributed by atoms with Crippen LogP contribution in [0.1, 0.15) is 40.9 Å². The molecule has 0 saturated heterocycles. The van der Waals surface area contributed by atoms with Gasteiger partial charge in [-0.2, -0.15) is 0 Å². The van der Waals surface area contributed by atoms with Gasteiger partial charge < -0.3 is 10.1 Å². The molecule has 0 aliphatic rings. The molecule has 2 aromatic rings. The van der Waals surface area contributed by atoms with Crippen molar-refractivity contribution < 1.29 is 19.2 Å². The zero-order chi connectivity index (χ0) is 19.1. The maximum Gasteiger partial charge on any atom is 0.308 e. The van der Waals surface area contributed by atoms with Crippen molar-refractivity contribution in [1.29, 1.82) is 0 Å². The Morgan fingerprint density at radius 1 is 1.19 bits per heavy atom. The van der Waals surface area contributed by atoms with Crippen molar-refractivity contribution >= 4 is 17.6 Å². The van der Waals surface area contributed by atoms with E-state index in [1.165, 1.54) is 18.2 Å². The SMILES string of the molecule is CCOC(=O)C[C@@H](NC(=O)c1cccc(C)c1)c1cccc([N+](=O)[O-])c1. The number of carbonyl (C=O) groups is 2. The number of aryl methyl sites for hydroxylation is 1. The number of nitrogens with one attached hydrogen (secondary N) is 1. The molecule has 0 heterocycles. The first kappa shape index (κ1) is 19.1. The van der Waals surface area contributed by atoms with Gasteiger partial charge in [-0.15, -0.1) is 0 Å². The Labute approximate surface area is 151 Å². The Kier molecular flexibility index (Phi) is 6.43. The Morgan fingerprint density at radius 3 is 2.58 bits per heavy atom.